The minimum Gasteiger partial charge on any atom is -0.490 e. The number of nitrogens with zero attached hydrogens (tertiary/aromatic N) is 3. The van der Waals surface area contributed by atoms with Gasteiger partial charge in [0, 0.05) is 51.6 Å². The molecule has 0 saturated heterocycles. The van der Waals surface area contributed by atoms with Crippen LogP contribution >= 0.6 is 24.0 Å². The molecule has 0 atom stereocenters. The molecule has 0 fully saturated rings. The number of hydrogen-bond acceptors (Lipinski definition) is 5. The first-order valence-corrected chi connectivity index (χ1v) is 9.21. The Bertz CT molecular complexity index is 822. The van der Waals surface area contributed by atoms with E-state index >= 15 is 0 Å². The standard InChI is InChI=1S/C20H27F2N5O2.HI/c1-5-28-16-10-6-8-14(17(16)29-19(21)22)12-25-20(23-2)26-13-15-9-7-11-24-18(15)27(3)4;/h6-11,19H,5,12-13H2,1-4H3,(H2,23,25,26);1H. The van der Waals surface area contributed by atoms with E-state index in [9.17, 15) is 8.78 Å². The summed E-state index contributed by atoms with van der Waals surface area (Å²) in [5.74, 6) is 1.67. The van der Waals surface area contributed by atoms with Crippen LogP contribution in [-0.4, -0.2) is 45.3 Å². The monoisotopic (exact) mass is 535 g/mol. The van der Waals surface area contributed by atoms with Gasteiger partial charge >= 0.3 is 6.61 Å². The van der Waals surface area contributed by atoms with E-state index in [0.29, 0.717) is 24.7 Å². The Morgan fingerprint density at radius 3 is 2.40 bits per heavy atom. The van der Waals surface area contributed by atoms with E-state index in [-0.39, 0.29) is 42.0 Å². The van der Waals surface area contributed by atoms with E-state index in [2.05, 4.69) is 20.6 Å². The molecule has 0 saturated carbocycles. The minimum atomic E-state index is -2.94. The number of alkyl halides is 2. The van der Waals surface area contributed by atoms with Crippen molar-refractivity contribution in [3.05, 3.63) is 47.7 Å². The van der Waals surface area contributed by atoms with E-state index in [4.69, 9.17) is 9.47 Å². The summed E-state index contributed by atoms with van der Waals surface area (Å²) in [5.41, 5.74) is 1.54. The lowest BCUT2D eigenvalue weighted by molar-refractivity contribution is -0.0520. The van der Waals surface area contributed by atoms with Gasteiger partial charge in [0.2, 0.25) is 0 Å². The number of guanidine groups is 1. The number of aromatic nitrogens is 1. The van der Waals surface area contributed by atoms with Crippen LogP contribution in [0.3, 0.4) is 0 Å². The Kier molecular flexibility index (Phi) is 11.2. The lowest BCUT2D eigenvalue weighted by Gasteiger charge is -2.19. The molecule has 10 heteroatoms. The maximum Gasteiger partial charge on any atom is 0.387 e. The van der Waals surface area contributed by atoms with Gasteiger partial charge in [0.1, 0.15) is 5.82 Å². The Labute approximate surface area is 192 Å². The molecule has 0 amide bonds. The van der Waals surface area contributed by atoms with Crippen molar-refractivity contribution in [2.75, 3.05) is 32.6 Å². The summed E-state index contributed by atoms with van der Waals surface area (Å²) in [6.07, 6.45) is 1.74. The van der Waals surface area contributed by atoms with Crippen molar-refractivity contribution in [2.24, 2.45) is 4.99 Å². The van der Waals surface area contributed by atoms with E-state index in [1.807, 2.05) is 31.1 Å². The summed E-state index contributed by atoms with van der Waals surface area (Å²) in [7, 11) is 5.49. The summed E-state index contributed by atoms with van der Waals surface area (Å²) in [6, 6.07) is 8.88. The smallest absolute Gasteiger partial charge is 0.387 e. The SMILES string of the molecule is CCOc1cccc(CNC(=NC)NCc2cccnc2N(C)C)c1OC(F)F.I. The highest BCUT2D eigenvalue weighted by molar-refractivity contribution is 14.0. The van der Waals surface area contributed by atoms with Gasteiger partial charge in [-0.15, -0.1) is 24.0 Å². The Morgan fingerprint density at radius 2 is 1.80 bits per heavy atom. The highest BCUT2D eigenvalue weighted by Gasteiger charge is 2.16. The van der Waals surface area contributed by atoms with Gasteiger partial charge < -0.3 is 25.0 Å². The molecule has 0 bridgehead atoms. The molecular formula is C20H28F2IN5O2. The number of hydrogen-bond donors (Lipinski definition) is 2. The van der Waals surface area contributed by atoms with Crippen LogP contribution in [0.4, 0.5) is 14.6 Å². The molecule has 1 heterocycles. The van der Waals surface area contributed by atoms with Crippen molar-refractivity contribution >= 4 is 35.8 Å². The van der Waals surface area contributed by atoms with Gasteiger partial charge in [-0.2, -0.15) is 8.78 Å². The van der Waals surface area contributed by atoms with E-state index in [0.717, 1.165) is 11.4 Å². The third-order valence-corrected chi connectivity index (χ3v) is 3.97. The van der Waals surface area contributed by atoms with E-state index < -0.39 is 6.61 Å². The topological polar surface area (TPSA) is 71.0 Å². The molecule has 166 valence electrons. The summed E-state index contributed by atoms with van der Waals surface area (Å²) in [6.45, 7) is -0.0818. The molecule has 1 aromatic carbocycles. The number of ether oxygens (including phenoxy) is 2. The number of anilines is 1. The molecule has 0 unspecified atom stereocenters. The van der Waals surface area contributed by atoms with Crippen molar-refractivity contribution in [1.29, 1.82) is 0 Å². The fourth-order valence-corrected chi connectivity index (χ4v) is 2.74. The quantitative estimate of drug-likeness (QED) is 0.291. The second-order valence-corrected chi connectivity index (χ2v) is 6.22. The lowest BCUT2D eigenvalue weighted by atomic mass is 10.2. The maximum absolute atomic E-state index is 12.9. The zero-order valence-corrected chi connectivity index (χ0v) is 19.8. The third kappa shape index (κ3) is 7.47. The predicted octanol–water partition coefficient (Wildman–Crippen LogP) is 3.63. The molecular weight excluding hydrogens is 507 g/mol. The number of benzene rings is 1. The number of nitrogens with one attached hydrogen (secondary N) is 2. The minimum absolute atomic E-state index is 0. The maximum atomic E-state index is 12.9. The molecule has 0 aliphatic carbocycles. The molecule has 2 rings (SSSR count). The average Bonchev–Trinajstić information content (AvgIpc) is 2.70. The summed E-state index contributed by atoms with van der Waals surface area (Å²) in [4.78, 5) is 10.5. The van der Waals surface area contributed by atoms with Crippen LogP contribution in [0, 0.1) is 0 Å². The lowest BCUT2D eigenvalue weighted by Crippen LogP contribution is -2.36. The molecule has 0 aliphatic rings. The number of para-hydroxylation sites is 1. The Morgan fingerprint density at radius 1 is 1.13 bits per heavy atom. The van der Waals surface area contributed by atoms with Crippen LogP contribution in [0.25, 0.3) is 0 Å². The zero-order valence-electron chi connectivity index (χ0n) is 17.5. The van der Waals surface area contributed by atoms with Crippen LogP contribution in [-0.2, 0) is 13.1 Å². The van der Waals surface area contributed by atoms with Crippen LogP contribution in [0.1, 0.15) is 18.1 Å². The zero-order chi connectivity index (χ0) is 21.2. The third-order valence-electron chi connectivity index (χ3n) is 3.97. The molecule has 1 aromatic heterocycles. The van der Waals surface area contributed by atoms with Crippen molar-refractivity contribution in [2.45, 2.75) is 26.6 Å². The van der Waals surface area contributed by atoms with Gasteiger partial charge in [0.15, 0.2) is 17.5 Å². The highest BCUT2D eigenvalue weighted by atomic mass is 127. The molecule has 0 aliphatic heterocycles. The summed E-state index contributed by atoms with van der Waals surface area (Å²) < 4.78 is 35.8. The number of halogens is 3. The number of pyridine rings is 1. The first kappa shape index (κ1) is 25.7. The first-order valence-electron chi connectivity index (χ1n) is 9.21. The number of rotatable bonds is 9. The van der Waals surface area contributed by atoms with Crippen LogP contribution in [0.5, 0.6) is 11.5 Å². The fourth-order valence-electron chi connectivity index (χ4n) is 2.74. The van der Waals surface area contributed by atoms with Crippen molar-refractivity contribution in [1.82, 2.24) is 15.6 Å². The van der Waals surface area contributed by atoms with Crippen LogP contribution < -0.4 is 25.0 Å². The van der Waals surface area contributed by atoms with Crippen LogP contribution in [0.15, 0.2) is 41.5 Å². The summed E-state index contributed by atoms with van der Waals surface area (Å²) >= 11 is 0. The van der Waals surface area contributed by atoms with Gasteiger partial charge in [-0.3, -0.25) is 4.99 Å². The Balaban J connectivity index is 0.00000450. The highest BCUT2D eigenvalue weighted by Crippen LogP contribution is 2.32. The van der Waals surface area contributed by atoms with Crippen LogP contribution in [0.2, 0.25) is 0 Å². The molecule has 2 aromatic rings. The van der Waals surface area contributed by atoms with Crippen molar-refractivity contribution in [3.63, 3.8) is 0 Å². The molecule has 30 heavy (non-hydrogen) atoms. The van der Waals surface area contributed by atoms with Gasteiger partial charge in [0.25, 0.3) is 0 Å². The van der Waals surface area contributed by atoms with Gasteiger partial charge in [-0.25, -0.2) is 4.98 Å². The van der Waals surface area contributed by atoms with E-state index in [1.54, 1.807) is 38.4 Å². The van der Waals surface area contributed by atoms with Crippen molar-refractivity contribution < 1.29 is 18.3 Å². The fraction of sp³-hybridized carbons (Fsp3) is 0.400. The largest absolute Gasteiger partial charge is 0.490 e. The predicted molar refractivity (Wildman–Crippen MR) is 125 cm³/mol. The van der Waals surface area contributed by atoms with E-state index in [1.165, 1.54) is 0 Å². The molecule has 2 N–H and O–H groups in total. The van der Waals surface area contributed by atoms with Gasteiger partial charge in [-0.1, -0.05) is 18.2 Å². The molecule has 0 radical (unpaired) electrons. The molecule has 7 nitrogen and oxygen atoms in total. The van der Waals surface area contributed by atoms with Gasteiger partial charge in [-0.05, 0) is 19.1 Å². The molecule has 0 spiro atoms. The number of aliphatic imine (C=N–C) groups is 1. The second-order valence-electron chi connectivity index (χ2n) is 6.22. The van der Waals surface area contributed by atoms with Gasteiger partial charge in [0.05, 0.1) is 6.61 Å². The second kappa shape index (κ2) is 13.0. The average molecular weight is 535 g/mol. The Hall–Kier alpha value is -2.37. The first-order chi connectivity index (χ1) is 14.0. The van der Waals surface area contributed by atoms with Crippen molar-refractivity contribution in [3.8, 4) is 11.5 Å². The summed E-state index contributed by atoms with van der Waals surface area (Å²) in [5, 5.41) is 6.32. The normalized spacial score (nSPS) is 11.0.